The van der Waals surface area contributed by atoms with Crippen molar-refractivity contribution in [2.24, 2.45) is 5.92 Å². The molecule has 6 nitrogen and oxygen atoms in total. The molecule has 156 valence electrons. The van der Waals surface area contributed by atoms with Gasteiger partial charge < -0.3 is 15.0 Å². The van der Waals surface area contributed by atoms with E-state index in [1.165, 1.54) is 4.88 Å². The van der Waals surface area contributed by atoms with Gasteiger partial charge in [-0.3, -0.25) is 14.5 Å². The van der Waals surface area contributed by atoms with Gasteiger partial charge >= 0.3 is 0 Å². The molecule has 0 radical (unpaired) electrons. The van der Waals surface area contributed by atoms with E-state index in [1.807, 2.05) is 36.9 Å². The molecule has 1 fully saturated rings. The van der Waals surface area contributed by atoms with E-state index in [0.717, 1.165) is 19.6 Å². The van der Waals surface area contributed by atoms with Crippen molar-refractivity contribution in [2.45, 2.75) is 26.4 Å². The Kier molecular flexibility index (Phi) is 7.66. The van der Waals surface area contributed by atoms with Crippen molar-refractivity contribution in [3.05, 3.63) is 52.7 Å². The summed E-state index contributed by atoms with van der Waals surface area (Å²) in [4.78, 5) is 30.9. The molecule has 1 aromatic heterocycles. The van der Waals surface area contributed by atoms with E-state index in [4.69, 9.17) is 4.74 Å². The summed E-state index contributed by atoms with van der Waals surface area (Å²) >= 11 is 1.76. The average Bonchev–Trinajstić information content (AvgIpc) is 3.24. The summed E-state index contributed by atoms with van der Waals surface area (Å²) in [5, 5.41) is 4.95. The van der Waals surface area contributed by atoms with Crippen LogP contribution in [0.15, 0.2) is 47.8 Å². The first-order chi connectivity index (χ1) is 14.0. The van der Waals surface area contributed by atoms with Crippen molar-refractivity contribution in [2.75, 3.05) is 32.8 Å². The SMILES string of the molecule is CC(C)[C@H](NC(=O)COc1ccccc1)C(=O)N1CCN(Cc2cccs2)CC1. The fourth-order valence-electron chi connectivity index (χ4n) is 3.34. The number of para-hydroxylation sites is 1. The highest BCUT2D eigenvalue weighted by molar-refractivity contribution is 7.09. The fourth-order valence-corrected chi connectivity index (χ4v) is 4.09. The second-order valence-corrected chi connectivity index (χ2v) is 8.60. The quantitative estimate of drug-likeness (QED) is 0.720. The van der Waals surface area contributed by atoms with Crippen LogP contribution in [0.25, 0.3) is 0 Å². The van der Waals surface area contributed by atoms with E-state index >= 15 is 0 Å². The van der Waals surface area contributed by atoms with Gasteiger partial charge in [-0.15, -0.1) is 11.3 Å². The lowest BCUT2D eigenvalue weighted by Crippen LogP contribution is -2.56. The minimum Gasteiger partial charge on any atom is -0.484 e. The van der Waals surface area contributed by atoms with Crippen molar-refractivity contribution in [1.29, 1.82) is 0 Å². The lowest BCUT2D eigenvalue weighted by molar-refractivity contribution is -0.139. The Bertz CT molecular complexity index is 772. The lowest BCUT2D eigenvalue weighted by Gasteiger charge is -2.37. The zero-order valence-corrected chi connectivity index (χ0v) is 17.9. The zero-order chi connectivity index (χ0) is 20.6. The maximum Gasteiger partial charge on any atom is 0.258 e. The molecule has 1 saturated heterocycles. The van der Waals surface area contributed by atoms with Crippen molar-refractivity contribution in [1.82, 2.24) is 15.1 Å². The third-order valence-corrected chi connectivity index (χ3v) is 5.87. The number of hydrogen-bond donors (Lipinski definition) is 1. The second-order valence-electron chi connectivity index (χ2n) is 7.57. The summed E-state index contributed by atoms with van der Waals surface area (Å²) in [5.74, 6) is 0.352. The van der Waals surface area contributed by atoms with Crippen LogP contribution in [0.1, 0.15) is 18.7 Å². The smallest absolute Gasteiger partial charge is 0.258 e. The van der Waals surface area contributed by atoms with Crippen LogP contribution in [-0.2, 0) is 16.1 Å². The van der Waals surface area contributed by atoms with E-state index in [-0.39, 0.29) is 24.3 Å². The van der Waals surface area contributed by atoms with E-state index in [1.54, 1.807) is 23.5 Å². The highest BCUT2D eigenvalue weighted by Crippen LogP contribution is 2.15. The first kappa shape index (κ1) is 21.3. The number of thiophene rings is 1. The van der Waals surface area contributed by atoms with Crippen LogP contribution in [0.5, 0.6) is 5.75 Å². The largest absolute Gasteiger partial charge is 0.484 e. The van der Waals surface area contributed by atoms with Crippen LogP contribution in [0.2, 0.25) is 0 Å². The van der Waals surface area contributed by atoms with Crippen molar-refractivity contribution >= 4 is 23.2 Å². The van der Waals surface area contributed by atoms with E-state index in [2.05, 4.69) is 27.7 Å². The number of nitrogens with one attached hydrogen (secondary N) is 1. The number of benzene rings is 1. The van der Waals surface area contributed by atoms with Crippen LogP contribution in [0, 0.1) is 5.92 Å². The van der Waals surface area contributed by atoms with Gasteiger partial charge in [0.25, 0.3) is 5.91 Å². The number of carbonyl (C=O) groups is 2. The standard InChI is InChI=1S/C22H29N3O3S/c1-17(2)21(23-20(26)16-28-18-7-4-3-5-8-18)22(27)25-12-10-24(11-13-25)15-19-9-6-14-29-19/h3-9,14,17,21H,10-13,15-16H2,1-2H3,(H,23,26)/t21-/m0/s1. The average molecular weight is 416 g/mol. The van der Waals surface area contributed by atoms with Gasteiger partial charge in [0.2, 0.25) is 5.91 Å². The number of hydrogen-bond acceptors (Lipinski definition) is 5. The molecule has 1 aliphatic heterocycles. The third kappa shape index (κ3) is 6.30. The summed E-state index contributed by atoms with van der Waals surface area (Å²) in [6.45, 7) is 7.80. The van der Waals surface area contributed by atoms with Crippen LogP contribution in [0.4, 0.5) is 0 Å². The van der Waals surface area contributed by atoms with Gasteiger partial charge in [-0.2, -0.15) is 0 Å². The topological polar surface area (TPSA) is 61.9 Å². The predicted molar refractivity (Wildman–Crippen MR) is 115 cm³/mol. The maximum atomic E-state index is 13.0. The molecule has 0 spiro atoms. The Hall–Kier alpha value is -2.38. The first-order valence-corrected chi connectivity index (χ1v) is 10.9. The first-order valence-electron chi connectivity index (χ1n) is 10.0. The van der Waals surface area contributed by atoms with Gasteiger partial charge in [-0.05, 0) is 29.5 Å². The molecule has 0 unspecified atom stereocenters. The molecule has 1 aromatic carbocycles. The number of rotatable bonds is 8. The minimum atomic E-state index is -0.536. The summed E-state index contributed by atoms with van der Waals surface area (Å²) in [5.41, 5.74) is 0. The molecule has 2 aromatic rings. The molecule has 3 rings (SSSR count). The lowest BCUT2D eigenvalue weighted by atomic mass is 10.0. The Morgan fingerprint density at radius 1 is 1.07 bits per heavy atom. The van der Waals surface area contributed by atoms with Crippen LogP contribution in [0.3, 0.4) is 0 Å². The normalized spacial score (nSPS) is 15.9. The van der Waals surface area contributed by atoms with E-state index < -0.39 is 6.04 Å². The van der Waals surface area contributed by atoms with Gasteiger partial charge in [0.15, 0.2) is 6.61 Å². The summed E-state index contributed by atoms with van der Waals surface area (Å²) in [6, 6.07) is 12.9. The highest BCUT2D eigenvalue weighted by Gasteiger charge is 2.30. The molecule has 2 heterocycles. The monoisotopic (exact) mass is 415 g/mol. The Morgan fingerprint density at radius 3 is 2.41 bits per heavy atom. The van der Waals surface area contributed by atoms with Crippen LogP contribution >= 0.6 is 11.3 Å². The molecule has 0 bridgehead atoms. The molecular formula is C22H29N3O3S. The number of carbonyl (C=O) groups excluding carboxylic acids is 2. The van der Waals surface area contributed by atoms with E-state index in [0.29, 0.717) is 18.8 Å². The summed E-state index contributed by atoms with van der Waals surface area (Å²) in [7, 11) is 0. The molecule has 1 aliphatic rings. The van der Waals surface area contributed by atoms with Gasteiger partial charge in [0, 0.05) is 37.6 Å². The predicted octanol–water partition coefficient (Wildman–Crippen LogP) is 2.61. The molecule has 7 heteroatoms. The van der Waals surface area contributed by atoms with Crippen LogP contribution in [-0.4, -0.2) is 60.4 Å². The fraction of sp³-hybridized carbons (Fsp3) is 0.455. The number of ether oxygens (including phenoxy) is 1. The van der Waals surface area contributed by atoms with Crippen molar-refractivity contribution < 1.29 is 14.3 Å². The summed E-state index contributed by atoms with van der Waals surface area (Å²) in [6.07, 6.45) is 0. The van der Waals surface area contributed by atoms with Gasteiger partial charge in [-0.1, -0.05) is 38.1 Å². The maximum absolute atomic E-state index is 13.0. The molecule has 0 aliphatic carbocycles. The molecule has 29 heavy (non-hydrogen) atoms. The van der Waals surface area contributed by atoms with Gasteiger partial charge in [0.05, 0.1) is 0 Å². The van der Waals surface area contributed by atoms with Gasteiger partial charge in [-0.25, -0.2) is 0 Å². The molecule has 1 N–H and O–H groups in total. The number of amides is 2. The number of piperazine rings is 1. The molecule has 0 saturated carbocycles. The van der Waals surface area contributed by atoms with Crippen molar-refractivity contribution in [3.8, 4) is 5.75 Å². The Labute approximate surface area is 176 Å². The minimum absolute atomic E-state index is 0.00678. The van der Waals surface area contributed by atoms with Gasteiger partial charge in [0.1, 0.15) is 11.8 Å². The molecular weight excluding hydrogens is 386 g/mol. The molecule has 2 amide bonds. The second kappa shape index (κ2) is 10.4. The Balaban J connectivity index is 1.48. The third-order valence-electron chi connectivity index (χ3n) is 5.01. The zero-order valence-electron chi connectivity index (χ0n) is 17.0. The van der Waals surface area contributed by atoms with Crippen LogP contribution < -0.4 is 10.1 Å². The van der Waals surface area contributed by atoms with Crippen molar-refractivity contribution in [3.63, 3.8) is 0 Å². The number of nitrogens with zero attached hydrogens (tertiary/aromatic N) is 2. The van der Waals surface area contributed by atoms with E-state index in [9.17, 15) is 9.59 Å². The Morgan fingerprint density at radius 2 is 1.79 bits per heavy atom. The highest BCUT2D eigenvalue weighted by atomic mass is 32.1. The molecule has 1 atom stereocenters. The summed E-state index contributed by atoms with van der Waals surface area (Å²) < 4.78 is 5.49.